The van der Waals surface area contributed by atoms with E-state index in [1.165, 1.54) is 12.3 Å². The average Bonchev–Trinajstić information content (AvgIpc) is 3.36. The van der Waals surface area contributed by atoms with Crippen molar-refractivity contribution < 1.29 is 27.4 Å². The Morgan fingerprint density at radius 2 is 1.70 bits per heavy atom. The SMILES string of the molecule is COc1ccc(-c2ccnc3c(C(=O)N4CCN(c5cccc(C(F)(F)F)c5)CC4)cnn23)cc1OC. The van der Waals surface area contributed by atoms with Gasteiger partial charge in [-0.25, -0.2) is 9.50 Å². The lowest BCUT2D eigenvalue weighted by Crippen LogP contribution is -2.48. The maximum atomic E-state index is 13.4. The fraction of sp³-hybridized carbons (Fsp3) is 0.269. The largest absolute Gasteiger partial charge is 0.493 e. The number of anilines is 1. The van der Waals surface area contributed by atoms with Gasteiger partial charge in [-0.2, -0.15) is 18.3 Å². The predicted molar refractivity (Wildman–Crippen MR) is 131 cm³/mol. The van der Waals surface area contributed by atoms with Crippen LogP contribution in [0.2, 0.25) is 0 Å². The van der Waals surface area contributed by atoms with Gasteiger partial charge in [0, 0.05) is 43.6 Å². The van der Waals surface area contributed by atoms with Crippen LogP contribution in [0.4, 0.5) is 18.9 Å². The highest BCUT2D eigenvalue weighted by atomic mass is 19.4. The summed E-state index contributed by atoms with van der Waals surface area (Å²) in [5.74, 6) is 0.930. The normalized spacial score (nSPS) is 14.2. The summed E-state index contributed by atoms with van der Waals surface area (Å²) in [6.07, 6.45) is -1.29. The van der Waals surface area contributed by atoms with Crippen LogP contribution in [0.25, 0.3) is 16.9 Å². The molecule has 1 saturated heterocycles. The molecule has 0 bridgehead atoms. The van der Waals surface area contributed by atoms with Crippen LogP contribution in [0.5, 0.6) is 11.5 Å². The first kappa shape index (κ1) is 24.4. The van der Waals surface area contributed by atoms with Gasteiger partial charge in [-0.15, -0.1) is 0 Å². The topological polar surface area (TPSA) is 72.2 Å². The molecule has 0 radical (unpaired) electrons. The van der Waals surface area contributed by atoms with Gasteiger partial charge in [0.25, 0.3) is 5.91 Å². The maximum absolute atomic E-state index is 13.4. The summed E-state index contributed by atoms with van der Waals surface area (Å²) in [5.41, 5.74) is 2.10. The van der Waals surface area contributed by atoms with E-state index in [0.717, 1.165) is 23.4 Å². The molecule has 192 valence electrons. The molecule has 0 atom stereocenters. The second-order valence-corrected chi connectivity index (χ2v) is 8.52. The maximum Gasteiger partial charge on any atom is 0.416 e. The molecule has 37 heavy (non-hydrogen) atoms. The van der Waals surface area contributed by atoms with E-state index < -0.39 is 11.7 Å². The van der Waals surface area contributed by atoms with Crippen molar-refractivity contribution in [2.75, 3.05) is 45.3 Å². The molecular weight excluding hydrogens is 487 g/mol. The fourth-order valence-corrected chi connectivity index (χ4v) is 4.47. The Kier molecular flexibility index (Phi) is 6.36. The molecule has 1 aliphatic rings. The molecular formula is C26H24F3N5O3. The van der Waals surface area contributed by atoms with Crippen LogP contribution >= 0.6 is 0 Å². The smallest absolute Gasteiger partial charge is 0.416 e. The first-order chi connectivity index (χ1) is 17.8. The highest BCUT2D eigenvalue weighted by molar-refractivity contribution is 6.00. The minimum absolute atomic E-state index is 0.226. The van der Waals surface area contributed by atoms with Gasteiger partial charge in [-0.3, -0.25) is 4.79 Å². The fourth-order valence-electron chi connectivity index (χ4n) is 4.47. The number of fused-ring (bicyclic) bond motifs is 1. The van der Waals surface area contributed by atoms with Crippen LogP contribution < -0.4 is 14.4 Å². The van der Waals surface area contributed by atoms with Crippen molar-refractivity contribution in [3.63, 3.8) is 0 Å². The average molecular weight is 512 g/mol. The molecule has 0 aliphatic carbocycles. The lowest BCUT2D eigenvalue weighted by molar-refractivity contribution is -0.137. The second-order valence-electron chi connectivity index (χ2n) is 8.52. The van der Waals surface area contributed by atoms with E-state index in [4.69, 9.17) is 9.47 Å². The number of alkyl halides is 3. The van der Waals surface area contributed by atoms with E-state index in [1.807, 2.05) is 17.0 Å². The zero-order valence-corrected chi connectivity index (χ0v) is 20.2. The number of ether oxygens (including phenoxy) is 2. The molecule has 8 nitrogen and oxygen atoms in total. The Labute approximate surface area is 210 Å². The van der Waals surface area contributed by atoms with E-state index >= 15 is 0 Å². The van der Waals surface area contributed by atoms with E-state index in [1.54, 1.807) is 48.0 Å². The third kappa shape index (κ3) is 4.64. The van der Waals surface area contributed by atoms with E-state index in [-0.39, 0.29) is 5.91 Å². The van der Waals surface area contributed by atoms with E-state index in [0.29, 0.717) is 54.6 Å². The van der Waals surface area contributed by atoms with Crippen LogP contribution in [0.15, 0.2) is 60.9 Å². The zero-order chi connectivity index (χ0) is 26.2. The Morgan fingerprint density at radius 3 is 2.41 bits per heavy atom. The predicted octanol–water partition coefficient (Wildman–Crippen LogP) is 4.39. The van der Waals surface area contributed by atoms with Crippen LogP contribution in [0.3, 0.4) is 0 Å². The highest BCUT2D eigenvalue weighted by Crippen LogP contribution is 2.33. The number of benzene rings is 2. The first-order valence-electron chi connectivity index (χ1n) is 11.6. The third-order valence-electron chi connectivity index (χ3n) is 6.42. The lowest BCUT2D eigenvalue weighted by atomic mass is 10.1. The van der Waals surface area contributed by atoms with Gasteiger partial charge >= 0.3 is 6.18 Å². The monoisotopic (exact) mass is 511 g/mol. The summed E-state index contributed by atoms with van der Waals surface area (Å²) in [6, 6.07) is 12.5. The molecule has 0 N–H and O–H groups in total. The summed E-state index contributed by atoms with van der Waals surface area (Å²) in [6.45, 7) is 1.55. The summed E-state index contributed by atoms with van der Waals surface area (Å²) in [7, 11) is 3.12. The van der Waals surface area contributed by atoms with Gasteiger partial charge < -0.3 is 19.3 Å². The number of methoxy groups -OCH3 is 2. The number of aromatic nitrogens is 3. The van der Waals surface area contributed by atoms with Crippen molar-refractivity contribution in [1.82, 2.24) is 19.5 Å². The van der Waals surface area contributed by atoms with E-state index in [9.17, 15) is 18.0 Å². The molecule has 1 fully saturated rings. The minimum atomic E-state index is -4.40. The van der Waals surface area contributed by atoms with Gasteiger partial charge in [-0.05, 0) is 42.5 Å². The van der Waals surface area contributed by atoms with Gasteiger partial charge in [0.15, 0.2) is 17.1 Å². The van der Waals surface area contributed by atoms with Crippen LogP contribution in [0.1, 0.15) is 15.9 Å². The van der Waals surface area contributed by atoms with Gasteiger partial charge in [0.1, 0.15) is 5.56 Å². The van der Waals surface area contributed by atoms with Crippen LogP contribution in [0, 0.1) is 0 Å². The molecule has 1 amide bonds. The lowest BCUT2D eigenvalue weighted by Gasteiger charge is -2.36. The minimum Gasteiger partial charge on any atom is -0.493 e. The number of hydrogen-bond acceptors (Lipinski definition) is 6. The van der Waals surface area contributed by atoms with Crippen molar-refractivity contribution in [2.24, 2.45) is 0 Å². The van der Waals surface area contributed by atoms with Gasteiger partial charge in [0.05, 0.1) is 31.7 Å². The van der Waals surface area contributed by atoms with Crippen molar-refractivity contribution in [3.05, 3.63) is 72.1 Å². The Hall–Kier alpha value is -4.28. The van der Waals surface area contributed by atoms with Crippen LogP contribution in [-0.4, -0.2) is 65.8 Å². The number of rotatable bonds is 5. The van der Waals surface area contributed by atoms with Crippen LogP contribution in [-0.2, 0) is 6.18 Å². The molecule has 2 aromatic heterocycles. The Balaban J connectivity index is 1.35. The molecule has 1 aliphatic heterocycles. The molecule has 11 heteroatoms. The van der Waals surface area contributed by atoms with Crippen molar-refractivity contribution in [2.45, 2.75) is 6.18 Å². The van der Waals surface area contributed by atoms with Crippen molar-refractivity contribution >= 4 is 17.2 Å². The summed E-state index contributed by atoms with van der Waals surface area (Å²) < 4.78 is 51.6. The molecule has 5 rings (SSSR count). The Bertz CT molecular complexity index is 1450. The number of amides is 1. The number of nitrogens with zero attached hydrogens (tertiary/aromatic N) is 5. The molecule has 2 aromatic carbocycles. The summed E-state index contributed by atoms with van der Waals surface area (Å²) in [5, 5.41) is 4.42. The highest BCUT2D eigenvalue weighted by Gasteiger charge is 2.31. The number of piperazine rings is 1. The van der Waals surface area contributed by atoms with Crippen molar-refractivity contribution in [1.29, 1.82) is 0 Å². The third-order valence-corrected chi connectivity index (χ3v) is 6.42. The van der Waals surface area contributed by atoms with Gasteiger partial charge in [0.2, 0.25) is 0 Å². The molecule has 0 spiro atoms. The summed E-state index contributed by atoms with van der Waals surface area (Å²) in [4.78, 5) is 21.3. The number of hydrogen-bond donors (Lipinski definition) is 0. The van der Waals surface area contributed by atoms with Crippen molar-refractivity contribution in [3.8, 4) is 22.8 Å². The molecule has 0 saturated carbocycles. The zero-order valence-electron chi connectivity index (χ0n) is 20.2. The molecule has 4 aromatic rings. The summed E-state index contributed by atoms with van der Waals surface area (Å²) >= 11 is 0. The number of carbonyl (C=O) groups excluding carboxylic acids is 1. The molecule has 0 unspecified atom stereocenters. The number of carbonyl (C=O) groups is 1. The second kappa shape index (κ2) is 9.64. The first-order valence-corrected chi connectivity index (χ1v) is 11.6. The van der Waals surface area contributed by atoms with E-state index in [2.05, 4.69) is 10.1 Å². The molecule has 3 heterocycles. The van der Waals surface area contributed by atoms with Gasteiger partial charge in [-0.1, -0.05) is 6.07 Å². The quantitative estimate of drug-likeness (QED) is 0.396. The Morgan fingerprint density at radius 1 is 0.946 bits per heavy atom. The number of halogens is 3. The standard InChI is InChI=1S/C26H24F3N5O3/c1-36-22-7-6-17(14-23(22)37-2)21-8-9-30-24-20(16-31-34(21)24)25(35)33-12-10-32(11-13-33)19-5-3-4-18(15-19)26(27,28)29/h3-9,14-16H,10-13H2,1-2H3.